The molecule has 1 aromatic rings. The van der Waals surface area contributed by atoms with E-state index >= 15 is 0 Å². The third-order valence-corrected chi connectivity index (χ3v) is 5.82. The first-order chi connectivity index (χ1) is 9.94. The maximum absolute atomic E-state index is 11.7. The first kappa shape index (κ1) is 16.4. The SMILES string of the molecule is COc1ccc(OC2CCCC(S(C)(=O)=O)C2)c(CCl)c1. The molecule has 1 aliphatic rings. The van der Waals surface area contributed by atoms with Crippen LogP contribution in [-0.4, -0.2) is 33.1 Å². The van der Waals surface area contributed by atoms with Crippen LogP contribution in [0.15, 0.2) is 18.2 Å². The summed E-state index contributed by atoms with van der Waals surface area (Å²) >= 11 is 5.95. The van der Waals surface area contributed by atoms with Gasteiger partial charge in [0.05, 0.1) is 24.3 Å². The number of alkyl halides is 1. The monoisotopic (exact) mass is 332 g/mol. The van der Waals surface area contributed by atoms with Crippen LogP contribution in [0.3, 0.4) is 0 Å². The summed E-state index contributed by atoms with van der Waals surface area (Å²) in [5.74, 6) is 1.77. The zero-order valence-corrected chi connectivity index (χ0v) is 13.9. The first-order valence-electron chi connectivity index (χ1n) is 7.02. The highest BCUT2D eigenvalue weighted by Gasteiger charge is 2.30. The summed E-state index contributed by atoms with van der Waals surface area (Å²) in [5, 5.41) is -0.297. The molecule has 0 aromatic heterocycles. The van der Waals surface area contributed by atoms with E-state index in [1.807, 2.05) is 18.2 Å². The Kier molecular flexibility index (Phi) is 5.38. The molecule has 0 heterocycles. The third-order valence-electron chi connectivity index (χ3n) is 3.89. The molecule has 1 aliphatic carbocycles. The molecule has 0 aliphatic heterocycles. The van der Waals surface area contributed by atoms with Crippen LogP contribution in [0.5, 0.6) is 11.5 Å². The van der Waals surface area contributed by atoms with Crippen molar-refractivity contribution >= 4 is 21.4 Å². The van der Waals surface area contributed by atoms with Crippen molar-refractivity contribution in [2.45, 2.75) is 42.9 Å². The lowest BCUT2D eigenvalue weighted by molar-refractivity contribution is 0.155. The van der Waals surface area contributed by atoms with Crippen LogP contribution in [-0.2, 0) is 15.7 Å². The van der Waals surface area contributed by atoms with E-state index in [9.17, 15) is 8.42 Å². The minimum Gasteiger partial charge on any atom is -0.497 e. The highest BCUT2D eigenvalue weighted by atomic mass is 35.5. The molecule has 6 heteroatoms. The van der Waals surface area contributed by atoms with Crippen LogP contribution in [0.4, 0.5) is 0 Å². The van der Waals surface area contributed by atoms with Gasteiger partial charge in [0.1, 0.15) is 21.3 Å². The Morgan fingerprint density at radius 3 is 2.71 bits per heavy atom. The molecule has 0 spiro atoms. The van der Waals surface area contributed by atoms with Crippen LogP contribution in [0.1, 0.15) is 31.2 Å². The van der Waals surface area contributed by atoms with Crippen molar-refractivity contribution in [2.75, 3.05) is 13.4 Å². The maximum atomic E-state index is 11.7. The van der Waals surface area contributed by atoms with Crippen LogP contribution in [0.2, 0.25) is 0 Å². The molecule has 2 unspecified atom stereocenters. The first-order valence-corrected chi connectivity index (χ1v) is 9.51. The Morgan fingerprint density at radius 2 is 2.10 bits per heavy atom. The lowest BCUT2D eigenvalue weighted by Gasteiger charge is -2.29. The second kappa shape index (κ2) is 6.88. The summed E-state index contributed by atoms with van der Waals surface area (Å²) in [7, 11) is -1.40. The van der Waals surface area contributed by atoms with Crippen molar-refractivity contribution in [3.63, 3.8) is 0 Å². The fourth-order valence-electron chi connectivity index (χ4n) is 2.68. The zero-order valence-electron chi connectivity index (χ0n) is 12.3. The highest BCUT2D eigenvalue weighted by Crippen LogP contribution is 2.31. The number of rotatable bonds is 5. The van der Waals surface area contributed by atoms with Crippen LogP contribution in [0.25, 0.3) is 0 Å². The van der Waals surface area contributed by atoms with E-state index in [0.29, 0.717) is 18.1 Å². The number of sulfone groups is 1. The predicted octanol–water partition coefficient (Wildman–Crippen LogP) is 3.17. The number of benzene rings is 1. The largest absolute Gasteiger partial charge is 0.497 e. The van der Waals surface area contributed by atoms with E-state index < -0.39 is 9.84 Å². The fourth-order valence-corrected chi connectivity index (χ4v) is 4.05. The number of ether oxygens (including phenoxy) is 2. The van der Waals surface area contributed by atoms with Crippen LogP contribution < -0.4 is 9.47 Å². The molecule has 0 bridgehead atoms. The van der Waals surface area contributed by atoms with Gasteiger partial charge in [0.15, 0.2) is 0 Å². The minimum absolute atomic E-state index is 0.0752. The Hall–Kier alpha value is -0.940. The second-order valence-corrected chi connectivity index (χ2v) is 8.06. The molecule has 0 N–H and O–H groups in total. The van der Waals surface area contributed by atoms with Gasteiger partial charge in [0.2, 0.25) is 0 Å². The molecular formula is C15H21ClO4S. The smallest absolute Gasteiger partial charge is 0.150 e. The van der Waals surface area contributed by atoms with Crippen LogP contribution >= 0.6 is 11.6 Å². The molecule has 2 atom stereocenters. The molecular weight excluding hydrogens is 312 g/mol. The van der Waals surface area contributed by atoms with Crippen molar-refractivity contribution in [1.82, 2.24) is 0 Å². The zero-order chi connectivity index (χ0) is 15.5. The van der Waals surface area contributed by atoms with Gasteiger partial charge >= 0.3 is 0 Å². The quantitative estimate of drug-likeness (QED) is 0.777. The molecule has 118 valence electrons. The van der Waals surface area contributed by atoms with E-state index in [1.54, 1.807) is 7.11 Å². The van der Waals surface area contributed by atoms with Crippen molar-refractivity contribution in [2.24, 2.45) is 0 Å². The number of hydrogen-bond donors (Lipinski definition) is 0. The van der Waals surface area contributed by atoms with Crippen molar-refractivity contribution in [1.29, 1.82) is 0 Å². The summed E-state index contributed by atoms with van der Waals surface area (Å²) in [6, 6.07) is 5.50. The van der Waals surface area contributed by atoms with Gasteiger partial charge in [-0.2, -0.15) is 0 Å². The molecule has 1 aromatic carbocycles. The molecule has 2 rings (SSSR count). The second-order valence-electron chi connectivity index (χ2n) is 5.47. The van der Waals surface area contributed by atoms with Gasteiger partial charge in [-0.1, -0.05) is 0 Å². The lowest BCUT2D eigenvalue weighted by atomic mass is 9.97. The van der Waals surface area contributed by atoms with Gasteiger partial charge < -0.3 is 9.47 Å². The average Bonchev–Trinajstić information content (AvgIpc) is 2.47. The number of hydrogen-bond acceptors (Lipinski definition) is 4. The van der Waals surface area contributed by atoms with E-state index in [0.717, 1.165) is 30.6 Å². The highest BCUT2D eigenvalue weighted by molar-refractivity contribution is 7.91. The van der Waals surface area contributed by atoms with E-state index in [2.05, 4.69) is 0 Å². The van der Waals surface area contributed by atoms with Gasteiger partial charge in [-0.05, 0) is 37.5 Å². The Labute approximate surface area is 131 Å². The number of halogens is 1. The minimum atomic E-state index is -3.00. The van der Waals surface area contributed by atoms with Gasteiger partial charge in [-0.25, -0.2) is 8.42 Å². The van der Waals surface area contributed by atoms with Crippen molar-refractivity contribution in [3.05, 3.63) is 23.8 Å². The topological polar surface area (TPSA) is 52.6 Å². The maximum Gasteiger partial charge on any atom is 0.150 e. The number of methoxy groups -OCH3 is 1. The Morgan fingerprint density at radius 1 is 1.33 bits per heavy atom. The summed E-state index contributed by atoms with van der Waals surface area (Å²) in [6.45, 7) is 0. The van der Waals surface area contributed by atoms with Gasteiger partial charge in [0, 0.05) is 18.2 Å². The molecule has 0 amide bonds. The third kappa shape index (κ3) is 4.27. The van der Waals surface area contributed by atoms with E-state index in [-0.39, 0.29) is 11.4 Å². The van der Waals surface area contributed by atoms with Gasteiger partial charge in [-0.3, -0.25) is 0 Å². The summed E-state index contributed by atoms with van der Waals surface area (Å²) in [4.78, 5) is 0. The average molecular weight is 333 g/mol. The summed E-state index contributed by atoms with van der Waals surface area (Å²) in [6.07, 6.45) is 4.25. The fraction of sp³-hybridized carbons (Fsp3) is 0.600. The summed E-state index contributed by atoms with van der Waals surface area (Å²) < 4.78 is 34.6. The summed E-state index contributed by atoms with van der Waals surface area (Å²) in [5.41, 5.74) is 0.859. The normalized spacial score (nSPS) is 22.8. The molecule has 21 heavy (non-hydrogen) atoms. The van der Waals surface area contributed by atoms with E-state index in [4.69, 9.17) is 21.1 Å². The van der Waals surface area contributed by atoms with E-state index in [1.165, 1.54) is 6.26 Å². The Bertz CT molecular complexity index is 585. The van der Waals surface area contributed by atoms with Crippen molar-refractivity contribution in [3.8, 4) is 11.5 Å². The molecule has 0 saturated heterocycles. The van der Waals surface area contributed by atoms with Gasteiger partial charge in [-0.15, -0.1) is 11.6 Å². The molecule has 1 saturated carbocycles. The standard InChI is InChI=1S/C15H21ClO4S/c1-19-12-6-7-15(11(8-12)10-16)20-13-4-3-5-14(9-13)21(2,17)18/h6-8,13-14H,3-5,9-10H2,1-2H3. The van der Waals surface area contributed by atoms with Crippen molar-refractivity contribution < 1.29 is 17.9 Å². The lowest BCUT2D eigenvalue weighted by Crippen LogP contribution is -2.33. The van der Waals surface area contributed by atoms with Crippen LogP contribution in [0, 0.1) is 0 Å². The molecule has 0 radical (unpaired) electrons. The molecule has 4 nitrogen and oxygen atoms in total. The molecule has 1 fully saturated rings. The predicted molar refractivity (Wildman–Crippen MR) is 84.1 cm³/mol. The Balaban J connectivity index is 2.11. The van der Waals surface area contributed by atoms with Gasteiger partial charge in [0.25, 0.3) is 0 Å².